The van der Waals surface area contributed by atoms with Crippen molar-refractivity contribution in [2.45, 2.75) is 31.8 Å². The summed E-state index contributed by atoms with van der Waals surface area (Å²) in [5.41, 5.74) is 7.32. The predicted molar refractivity (Wildman–Crippen MR) is 82.8 cm³/mol. The molecule has 21 heavy (non-hydrogen) atoms. The van der Waals surface area contributed by atoms with Crippen LogP contribution in [0.3, 0.4) is 0 Å². The van der Waals surface area contributed by atoms with Crippen LogP contribution >= 0.6 is 11.6 Å². The minimum absolute atomic E-state index is 0.125. The molecular weight excluding hydrogens is 312 g/mol. The van der Waals surface area contributed by atoms with Crippen molar-refractivity contribution in [2.24, 2.45) is 5.73 Å². The monoisotopic (exact) mass is 328 g/mol. The highest BCUT2D eigenvalue weighted by Gasteiger charge is 2.20. The molecule has 0 bridgehead atoms. The standard InChI is InChI=1S/C13H17ClN4O2S/c1-3-18-8-12(7-16-18)17-21(19,20)13-5-11(14)4-10(6-15)9(13)2/h4-5,7-8,17H,3,6,15H2,1-2H3. The summed E-state index contributed by atoms with van der Waals surface area (Å²) < 4.78 is 29.1. The first kappa shape index (κ1) is 15.8. The number of hydrogen-bond donors (Lipinski definition) is 2. The van der Waals surface area contributed by atoms with Crippen molar-refractivity contribution in [3.05, 3.63) is 40.7 Å². The fourth-order valence-electron chi connectivity index (χ4n) is 2.00. The molecule has 114 valence electrons. The molecule has 0 saturated carbocycles. The summed E-state index contributed by atoms with van der Waals surface area (Å²) in [5, 5.41) is 4.37. The topological polar surface area (TPSA) is 90.0 Å². The maximum Gasteiger partial charge on any atom is 0.262 e. The molecule has 1 aromatic heterocycles. The van der Waals surface area contributed by atoms with Crippen molar-refractivity contribution in [1.29, 1.82) is 0 Å². The van der Waals surface area contributed by atoms with Gasteiger partial charge in [0.25, 0.3) is 10.0 Å². The molecule has 2 rings (SSSR count). The molecule has 0 atom stereocenters. The number of rotatable bonds is 5. The lowest BCUT2D eigenvalue weighted by Crippen LogP contribution is -2.15. The van der Waals surface area contributed by atoms with E-state index in [0.717, 1.165) is 0 Å². The lowest BCUT2D eigenvalue weighted by Gasteiger charge is -2.12. The Labute approximate surface area is 129 Å². The minimum Gasteiger partial charge on any atom is -0.326 e. The van der Waals surface area contributed by atoms with Gasteiger partial charge in [0.05, 0.1) is 16.8 Å². The zero-order valence-corrected chi connectivity index (χ0v) is 13.4. The molecule has 6 nitrogen and oxygen atoms in total. The van der Waals surface area contributed by atoms with Crippen molar-refractivity contribution >= 4 is 27.3 Å². The highest BCUT2D eigenvalue weighted by molar-refractivity contribution is 7.92. The van der Waals surface area contributed by atoms with Gasteiger partial charge in [0.1, 0.15) is 0 Å². The van der Waals surface area contributed by atoms with Gasteiger partial charge in [-0.15, -0.1) is 0 Å². The Bertz CT molecular complexity index is 756. The average Bonchev–Trinajstić information content (AvgIpc) is 2.87. The molecule has 0 amide bonds. The van der Waals surface area contributed by atoms with Crippen molar-refractivity contribution in [1.82, 2.24) is 9.78 Å². The smallest absolute Gasteiger partial charge is 0.262 e. The third kappa shape index (κ3) is 3.37. The van der Waals surface area contributed by atoms with Crippen molar-refractivity contribution in [2.75, 3.05) is 4.72 Å². The lowest BCUT2D eigenvalue weighted by atomic mass is 10.1. The minimum atomic E-state index is -3.74. The second kappa shape index (κ2) is 6.05. The van der Waals surface area contributed by atoms with Crippen LogP contribution in [0.15, 0.2) is 29.4 Å². The van der Waals surface area contributed by atoms with Gasteiger partial charge in [-0.05, 0) is 37.1 Å². The maximum absolute atomic E-state index is 12.5. The first-order valence-electron chi connectivity index (χ1n) is 6.41. The highest BCUT2D eigenvalue weighted by Crippen LogP contribution is 2.26. The Balaban J connectivity index is 2.42. The van der Waals surface area contributed by atoms with Crippen LogP contribution in [0, 0.1) is 6.92 Å². The number of anilines is 1. The second-order valence-electron chi connectivity index (χ2n) is 4.58. The van der Waals surface area contributed by atoms with E-state index in [2.05, 4.69) is 9.82 Å². The van der Waals surface area contributed by atoms with Crippen LogP contribution in [0.2, 0.25) is 5.02 Å². The highest BCUT2D eigenvalue weighted by atomic mass is 35.5. The summed E-state index contributed by atoms with van der Waals surface area (Å²) in [7, 11) is -3.74. The normalized spacial score (nSPS) is 11.6. The third-order valence-corrected chi connectivity index (χ3v) is 4.88. The van der Waals surface area contributed by atoms with Gasteiger partial charge in [0, 0.05) is 24.3 Å². The van der Waals surface area contributed by atoms with Crippen LogP contribution in [0.1, 0.15) is 18.1 Å². The van der Waals surface area contributed by atoms with Crippen LogP contribution in [0.4, 0.5) is 5.69 Å². The second-order valence-corrected chi connectivity index (χ2v) is 6.67. The van der Waals surface area contributed by atoms with E-state index in [1.807, 2.05) is 6.92 Å². The summed E-state index contributed by atoms with van der Waals surface area (Å²) in [6, 6.07) is 3.09. The molecule has 0 aliphatic carbocycles. The zero-order chi connectivity index (χ0) is 15.6. The molecule has 1 aromatic carbocycles. The summed E-state index contributed by atoms with van der Waals surface area (Å²) in [4.78, 5) is 0.125. The Kier molecular flexibility index (Phi) is 4.55. The van der Waals surface area contributed by atoms with Crippen molar-refractivity contribution in [3.8, 4) is 0 Å². The number of nitrogens with zero attached hydrogens (tertiary/aromatic N) is 2. The molecule has 8 heteroatoms. The first-order chi connectivity index (χ1) is 9.87. The fraction of sp³-hybridized carbons (Fsp3) is 0.308. The number of sulfonamides is 1. The Morgan fingerprint density at radius 2 is 2.14 bits per heavy atom. The lowest BCUT2D eigenvalue weighted by molar-refractivity contribution is 0.600. The summed E-state index contributed by atoms with van der Waals surface area (Å²) >= 11 is 5.97. The quantitative estimate of drug-likeness (QED) is 0.879. The molecule has 0 fully saturated rings. The molecule has 0 saturated heterocycles. The van der Waals surface area contributed by atoms with E-state index in [1.54, 1.807) is 23.9 Å². The third-order valence-electron chi connectivity index (χ3n) is 3.15. The van der Waals surface area contributed by atoms with Crippen LogP contribution in [0.25, 0.3) is 0 Å². The van der Waals surface area contributed by atoms with Gasteiger partial charge in [0.15, 0.2) is 0 Å². The van der Waals surface area contributed by atoms with Gasteiger partial charge in [-0.1, -0.05) is 11.6 Å². The number of benzene rings is 1. The summed E-state index contributed by atoms with van der Waals surface area (Å²) in [5.74, 6) is 0. The Morgan fingerprint density at radius 3 is 2.71 bits per heavy atom. The van der Waals surface area contributed by atoms with Gasteiger partial charge in [-0.2, -0.15) is 5.10 Å². The largest absolute Gasteiger partial charge is 0.326 e. The van der Waals surface area contributed by atoms with Gasteiger partial charge in [-0.3, -0.25) is 9.40 Å². The van der Waals surface area contributed by atoms with Crippen molar-refractivity contribution < 1.29 is 8.42 Å². The molecule has 0 aliphatic heterocycles. The maximum atomic E-state index is 12.5. The van der Waals surface area contributed by atoms with E-state index in [0.29, 0.717) is 28.4 Å². The molecule has 2 aromatic rings. The fourth-order valence-corrected chi connectivity index (χ4v) is 3.65. The first-order valence-corrected chi connectivity index (χ1v) is 8.28. The van der Waals surface area contributed by atoms with E-state index < -0.39 is 10.0 Å². The zero-order valence-electron chi connectivity index (χ0n) is 11.8. The molecule has 0 spiro atoms. The van der Waals surface area contributed by atoms with E-state index in [1.165, 1.54) is 12.3 Å². The van der Waals surface area contributed by atoms with E-state index >= 15 is 0 Å². The molecule has 3 N–H and O–H groups in total. The molecule has 0 unspecified atom stereocenters. The van der Waals surface area contributed by atoms with Gasteiger partial charge < -0.3 is 5.73 Å². The molecular formula is C13H17ClN4O2S. The van der Waals surface area contributed by atoms with Crippen LogP contribution in [0.5, 0.6) is 0 Å². The van der Waals surface area contributed by atoms with Gasteiger partial charge in [-0.25, -0.2) is 8.42 Å². The Hall–Kier alpha value is -1.57. The molecule has 0 aliphatic rings. The van der Waals surface area contributed by atoms with Gasteiger partial charge >= 0.3 is 0 Å². The van der Waals surface area contributed by atoms with Crippen LogP contribution < -0.4 is 10.5 Å². The van der Waals surface area contributed by atoms with Crippen LogP contribution in [-0.2, 0) is 23.1 Å². The summed E-state index contributed by atoms with van der Waals surface area (Å²) in [6.07, 6.45) is 3.09. The van der Waals surface area contributed by atoms with Crippen molar-refractivity contribution in [3.63, 3.8) is 0 Å². The molecule has 0 radical (unpaired) electrons. The van der Waals surface area contributed by atoms with Gasteiger partial charge in [0.2, 0.25) is 0 Å². The molecule has 1 heterocycles. The predicted octanol–water partition coefficient (Wildman–Crippen LogP) is 2.12. The number of aryl methyl sites for hydroxylation is 1. The van der Waals surface area contributed by atoms with E-state index in [9.17, 15) is 8.42 Å². The number of aromatic nitrogens is 2. The number of halogens is 1. The number of nitrogens with two attached hydrogens (primary N) is 1. The Morgan fingerprint density at radius 1 is 1.43 bits per heavy atom. The number of nitrogens with one attached hydrogen (secondary N) is 1. The SMILES string of the molecule is CCn1cc(NS(=O)(=O)c2cc(Cl)cc(CN)c2C)cn1. The number of hydrogen-bond acceptors (Lipinski definition) is 4. The average molecular weight is 329 g/mol. The van der Waals surface area contributed by atoms with Crippen LogP contribution in [-0.4, -0.2) is 18.2 Å². The van der Waals surface area contributed by atoms with E-state index in [-0.39, 0.29) is 11.4 Å². The summed E-state index contributed by atoms with van der Waals surface area (Å²) in [6.45, 7) is 4.51. The van der Waals surface area contributed by atoms with E-state index in [4.69, 9.17) is 17.3 Å².